The van der Waals surface area contributed by atoms with E-state index in [4.69, 9.17) is 11.6 Å². The highest BCUT2D eigenvalue weighted by Gasteiger charge is 2.07. The van der Waals surface area contributed by atoms with Crippen molar-refractivity contribution < 1.29 is 0 Å². The summed E-state index contributed by atoms with van der Waals surface area (Å²) in [6, 6.07) is 1.84. The molecule has 7 heteroatoms. The Morgan fingerprint density at radius 2 is 2.29 bits per heavy atom. The molecule has 3 aromatic rings. The predicted octanol–water partition coefficient (Wildman–Crippen LogP) is 2.09. The Kier molecular flexibility index (Phi) is 2.22. The van der Waals surface area contributed by atoms with E-state index in [1.165, 1.54) is 0 Å². The zero-order chi connectivity index (χ0) is 11.8. The van der Waals surface area contributed by atoms with E-state index in [0.29, 0.717) is 16.7 Å². The van der Waals surface area contributed by atoms with Gasteiger partial charge in [0.05, 0.1) is 17.3 Å². The Bertz CT molecular complexity index is 670. The number of hydrogen-bond acceptors (Lipinski definition) is 4. The molecule has 0 saturated carbocycles. The quantitative estimate of drug-likeness (QED) is 0.681. The zero-order valence-electron chi connectivity index (χ0n) is 8.98. The van der Waals surface area contributed by atoms with E-state index in [2.05, 4.69) is 25.4 Å². The molecule has 0 saturated heterocycles. The monoisotopic (exact) mass is 248 g/mol. The number of aryl methyl sites for hydroxylation is 1. The van der Waals surface area contributed by atoms with E-state index < -0.39 is 0 Å². The number of anilines is 2. The summed E-state index contributed by atoms with van der Waals surface area (Å²) < 4.78 is 1.69. The van der Waals surface area contributed by atoms with Crippen LogP contribution in [-0.2, 0) is 7.05 Å². The Hall–Kier alpha value is -2.08. The maximum Gasteiger partial charge on any atom is 0.230 e. The van der Waals surface area contributed by atoms with E-state index in [1.54, 1.807) is 17.1 Å². The first kappa shape index (κ1) is 10.1. The van der Waals surface area contributed by atoms with Crippen LogP contribution in [0.5, 0.6) is 0 Å². The minimum atomic E-state index is 0.419. The molecular formula is C10H9ClN6. The van der Waals surface area contributed by atoms with Crippen molar-refractivity contribution in [3.8, 4) is 0 Å². The Labute approximate surface area is 102 Å². The van der Waals surface area contributed by atoms with Crippen LogP contribution in [0, 0.1) is 0 Å². The van der Waals surface area contributed by atoms with Gasteiger partial charge in [0.15, 0.2) is 0 Å². The number of hydrogen-bond donors (Lipinski definition) is 2. The van der Waals surface area contributed by atoms with Gasteiger partial charge < -0.3 is 10.3 Å². The summed E-state index contributed by atoms with van der Waals surface area (Å²) in [5.41, 5.74) is 1.52. The van der Waals surface area contributed by atoms with Gasteiger partial charge in [-0.3, -0.25) is 4.68 Å². The van der Waals surface area contributed by atoms with Crippen molar-refractivity contribution in [2.45, 2.75) is 0 Å². The standard InChI is InChI=1S/C10H9ClN6/c1-17-5-6(4-13-17)14-10-15-8(11)7-2-3-12-9(7)16-10/h2-5H,1H3,(H2,12,14,15,16). The Morgan fingerprint density at radius 1 is 1.41 bits per heavy atom. The molecule has 0 fully saturated rings. The second-order valence-electron chi connectivity index (χ2n) is 3.61. The number of halogens is 1. The van der Waals surface area contributed by atoms with Crippen molar-refractivity contribution in [2.24, 2.45) is 7.05 Å². The van der Waals surface area contributed by atoms with E-state index in [1.807, 2.05) is 19.3 Å². The molecule has 2 N–H and O–H groups in total. The second-order valence-corrected chi connectivity index (χ2v) is 3.96. The minimum Gasteiger partial charge on any atom is -0.346 e. The van der Waals surface area contributed by atoms with E-state index in [-0.39, 0.29) is 0 Å². The van der Waals surface area contributed by atoms with Crippen LogP contribution < -0.4 is 5.32 Å². The topological polar surface area (TPSA) is 71.4 Å². The van der Waals surface area contributed by atoms with Gasteiger partial charge in [0.1, 0.15) is 10.8 Å². The van der Waals surface area contributed by atoms with Crippen LogP contribution in [0.2, 0.25) is 5.15 Å². The summed E-state index contributed by atoms with van der Waals surface area (Å²) in [6.07, 6.45) is 5.30. The molecule has 3 heterocycles. The van der Waals surface area contributed by atoms with Crippen LogP contribution in [0.1, 0.15) is 0 Å². The number of fused-ring (bicyclic) bond motifs is 1. The first-order valence-electron chi connectivity index (χ1n) is 4.99. The molecule has 0 radical (unpaired) electrons. The lowest BCUT2D eigenvalue weighted by molar-refractivity contribution is 0.768. The van der Waals surface area contributed by atoms with Crippen molar-refractivity contribution in [3.63, 3.8) is 0 Å². The molecule has 0 aliphatic carbocycles. The number of aromatic nitrogens is 5. The highest BCUT2D eigenvalue weighted by molar-refractivity contribution is 6.34. The summed E-state index contributed by atoms with van der Waals surface area (Å²) in [7, 11) is 1.84. The molecule has 0 bridgehead atoms. The van der Waals surface area contributed by atoms with E-state index in [9.17, 15) is 0 Å². The van der Waals surface area contributed by atoms with Crippen molar-refractivity contribution in [1.82, 2.24) is 24.7 Å². The third kappa shape index (κ3) is 1.83. The second kappa shape index (κ2) is 3.74. The fraction of sp³-hybridized carbons (Fsp3) is 0.100. The van der Waals surface area contributed by atoms with Crippen LogP contribution in [0.25, 0.3) is 11.0 Å². The predicted molar refractivity (Wildman–Crippen MR) is 65.4 cm³/mol. The molecule has 3 aromatic heterocycles. The first-order valence-corrected chi connectivity index (χ1v) is 5.36. The molecule has 0 unspecified atom stereocenters. The fourth-order valence-corrected chi connectivity index (χ4v) is 1.81. The largest absolute Gasteiger partial charge is 0.346 e. The maximum atomic E-state index is 6.04. The van der Waals surface area contributed by atoms with E-state index in [0.717, 1.165) is 11.1 Å². The normalized spacial score (nSPS) is 10.9. The van der Waals surface area contributed by atoms with Gasteiger partial charge in [-0.2, -0.15) is 10.1 Å². The van der Waals surface area contributed by atoms with E-state index >= 15 is 0 Å². The third-order valence-corrected chi connectivity index (χ3v) is 2.62. The molecule has 6 nitrogen and oxygen atoms in total. The average molecular weight is 249 g/mol. The number of rotatable bonds is 2. The van der Waals surface area contributed by atoms with Gasteiger partial charge in [-0.15, -0.1) is 0 Å². The molecule has 0 atom stereocenters. The molecule has 0 spiro atoms. The van der Waals surface area contributed by atoms with Gasteiger partial charge in [-0.05, 0) is 6.07 Å². The maximum absolute atomic E-state index is 6.04. The lowest BCUT2D eigenvalue weighted by Crippen LogP contribution is -1.97. The molecular weight excluding hydrogens is 240 g/mol. The molecule has 86 valence electrons. The number of nitrogens with zero attached hydrogens (tertiary/aromatic N) is 4. The number of H-pyrrole nitrogens is 1. The lowest BCUT2D eigenvalue weighted by atomic mass is 10.4. The Morgan fingerprint density at radius 3 is 3.06 bits per heavy atom. The van der Waals surface area contributed by atoms with Crippen LogP contribution in [0.4, 0.5) is 11.6 Å². The van der Waals surface area contributed by atoms with Crippen LogP contribution in [0.3, 0.4) is 0 Å². The van der Waals surface area contributed by atoms with Crippen molar-refractivity contribution >= 4 is 34.3 Å². The minimum absolute atomic E-state index is 0.419. The van der Waals surface area contributed by atoms with Gasteiger partial charge in [-0.25, -0.2) is 4.98 Å². The molecule has 17 heavy (non-hydrogen) atoms. The van der Waals surface area contributed by atoms with Crippen LogP contribution in [0.15, 0.2) is 24.7 Å². The van der Waals surface area contributed by atoms with Crippen molar-refractivity contribution in [2.75, 3.05) is 5.32 Å². The van der Waals surface area contributed by atoms with Crippen molar-refractivity contribution in [1.29, 1.82) is 0 Å². The lowest BCUT2D eigenvalue weighted by Gasteiger charge is -2.02. The third-order valence-electron chi connectivity index (χ3n) is 2.33. The summed E-state index contributed by atoms with van der Waals surface area (Å²) in [6.45, 7) is 0. The first-order chi connectivity index (χ1) is 8.22. The summed E-state index contributed by atoms with van der Waals surface area (Å²) in [4.78, 5) is 11.5. The van der Waals surface area contributed by atoms with Gasteiger partial charge >= 0.3 is 0 Å². The Balaban J connectivity index is 2.00. The summed E-state index contributed by atoms with van der Waals surface area (Å²) in [5, 5.41) is 8.31. The molecule has 0 aliphatic heterocycles. The number of aromatic amines is 1. The summed E-state index contributed by atoms with van der Waals surface area (Å²) in [5.74, 6) is 0.443. The fourth-order valence-electron chi connectivity index (χ4n) is 1.57. The SMILES string of the molecule is Cn1cc(Nc2nc(Cl)c3cc[nH]c3n2)cn1. The van der Waals surface area contributed by atoms with Gasteiger partial charge in [0.25, 0.3) is 0 Å². The molecule has 3 rings (SSSR count). The molecule has 0 aromatic carbocycles. The summed E-state index contributed by atoms with van der Waals surface area (Å²) >= 11 is 6.04. The zero-order valence-corrected chi connectivity index (χ0v) is 9.73. The number of nitrogens with one attached hydrogen (secondary N) is 2. The van der Waals surface area contributed by atoms with Gasteiger partial charge in [-0.1, -0.05) is 11.6 Å². The van der Waals surface area contributed by atoms with Crippen molar-refractivity contribution in [3.05, 3.63) is 29.8 Å². The van der Waals surface area contributed by atoms with Gasteiger partial charge in [0, 0.05) is 19.4 Å². The molecule has 0 amide bonds. The average Bonchev–Trinajstić information content (AvgIpc) is 2.87. The van der Waals surface area contributed by atoms with Crippen LogP contribution >= 0.6 is 11.6 Å². The highest BCUT2D eigenvalue weighted by Crippen LogP contribution is 2.22. The van der Waals surface area contributed by atoms with Crippen LogP contribution in [-0.4, -0.2) is 24.7 Å². The van der Waals surface area contributed by atoms with Gasteiger partial charge in [0.2, 0.25) is 5.95 Å². The molecule has 0 aliphatic rings. The smallest absolute Gasteiger partial charge is 0.230 e. The highest BCUT2D eigenvalue weighted by atomic mass is 35.5.